The fourth-order valence-corrected chi connectivity index (χ4v) is 5.06. The molecule has 0 aromatic heterocycles. The molecule has 162 valence electrons. The SMILES string of the molecule is CCOc1ccc(S(=O)(=O)N2CCCCC2)cc1NC(=O)c1ccc(C(C)C)cc1. The Morgan fingerprint density at radius 1 is 1.07 bits per heavy atom. The summed E-state index contributed by atoms with van der Waals surface area (Å²) in [7, 11) is -3.61. The zero-order valence-electron chi connectivity index (χ0n) is 17.8. The normalized spacial score (nSPS) is 15.2. The summed E-state index contributed by atoms with van der Waals surface area (Å²) in [6.07, 6.45) is 2.78. The van der Waals surface area contributed by atoms with Crippen molar-refractivity contribution in [1.82, 2.24) is 4.31 Å². The number of hydrogen-bond donors (Lipinski definition) is 1. The zero-order chi connectivity index (χ0) is 21.7. The van der Waals surface area contributed by atoms with Crippen LogP contribution in [0.15, 0.2) is 47.4 Å². The zero-order valence-corrected chi connectivity index (χ0v) is 18.7. The van der Waals surface area contributed by atoms with E-state index in [0.717, 1.165) is 24.8 Å². The highest BCUT2D eigenvalue weighted by molar-refractivity contribution is 7.89. The molecule has 1 fully saturated rings. The second-order valence-corrected chi connectivity index (χ2v) is 9.72. The highest BCUT2D eigenvalue weighted by atomic mass is 32.2. The van der Waals surface area contributed by atoms with Crippen molar-refractivity contribution in [1.29, 1.82) is 0 Å². The highest BCUT2D eigenvalue weighted by Crippen LogP contribution is 2.30. The number of benzene rings is 2. The molecule has 0 aliphatic carbocycles. The Morgan fingerprint density at radius 2 is 1.73 bits per heavy atom. The predicted octanol–water partition coefficient (Wildman–Crippen LogP) is 4.64. The van der Waals surface area contributed by atoms with Crippen LogP contribution in [0.3, 0.4) is 0 Å². The van der Waals surface area contributed by atoms with Crippen LogP contribution in [0.25, 0.3) is 0 Å². The number of nitrogens with zero attached hydrogens (tertiary/aromatic N) is 1. The number of rotatable bonds is 7. The minimum atomic E-state index is -3.61. The summed E-state index contributed by atoms with van der Waals surface area (Å²) in [5.74, 6) is 0.518. The molecule has 1 heterocycles. The summed E-state index contributed by atoms with van der Waals surface area (Å²) < 4.78 is 33.2. The summed E-state index contributed by atoms with van der Waals surface area (Å²) in [5, 5.41) is 2.83. The standard InChI is InChI=1S/C23H30N2O4S/c1-4-29-22-13-12-20(30(27,28)25-14-6-5-7-15-25)16-21(22)24-23(26)19-10-8-18(9-11-19)17(2)3/h8-13,16-17H,4-7,14-15H2,1-3H3,(H,24,26). The van der Waals surface area contributed by atoms with Gasteiger partial charge in [0.25, 0.3) is 5.91 Å². The first-order chi connectivity index (χ1) is 14.3. The van der Waals surface area contributed by atoms with E-state index in [1.807, 2.05) is 19.1 Å². The number of amides is 1. The van der Waals surface area contributed by atoms with Crippen LogP contribution >= 0.6 is 0 Å². The summed E-state index contributed by atoms with van der Waals surface area (Å²) in [6, 6.07) is 12.1. The molecule has 1 aliphatic rings. The topological polar surface area (TPSA) is 75.7 Å². The average molecular weight is 431 g/mol. The summed E-state index contributed by atoms with van der Waals surface area (Å²) in [5.41, 5.74) is 2.01. The van der Waals surface area contributed by atoms with Crippen LogP contribution < -0.4 is 10.1 Å². The molecule has 0 atom stereocenters. The van der Waals surface area contributed by atoms with Crippen molar-refractivity contribution in [3.8, 4) is 5.75 Å². The largest absolute Gasteiger partial charge is 0.492 e. The van der Waals surface area contributed by atoms with Crippen molar-refractivity contribution < 1.29 is 17.9 Å². The van der Waals surface area contributed by atoms with Gasteiger partial charge in [-0.3, -0.25) is 4.79 Å². The molecular weight excluding hydrogens is 400 g/mol. The Labute approximate surface area is 179 Å². The van der Waals surface area contributed by atoms with Gasteiger partial charge >= 0.3 is 0 Å². The van der Waals surface area contributed by atoms with Crippen molar-refractivity contribution in [3.05, 3.63) is 53.6 Å². The summed E-state index contributed by atoms with van der Waals surface area (Å²) >= 11 is 0. The molecule has 7 heteroatoms. The van der Waals surface area contributed by atoms with Crippen LogP contribution in [0.1, 0.15) is 61.9 Å². The van der Waals surface area contributed by atoms with E-state index in [1.165, 1.54) is 10.4 Å². The quantitative estimate of drug-likeness (QED) is 0.695. The fourth-order valence-electron chi connectivity index (χ4n) is 3.52. The van der Waals surface area contributed by atoms with Crippen molar-refractivity contribution in [3.63, 3.8) is 0 Å². The number of carbonyl (C=O) groups is 1. The molecule has 2 aromatic rings. The van der Waals surface area contributed by atoms with Crippen LogP contribution in [0, 0.1) is 0 Å². The third-order valence-corrected chi connectivity index (χ3v) is 7.19. The van der Waals surface area contributed by atoms with Gasteiger partial charge in [0.15, 0.2) is 0 Å². The maximum absolute atomic E-state index is 13.0. The molecule has 1 N–H and O–H groups in total. The van der Waals surface area contributed by atoms with E-state index in [-0.39, 0.29) is 10.8 Å². The fraction of sp³-hybridized carbons (Fsp3) is 0.435. The third-order valence-electron chi connectivity index (χ3n) is 5.29. The number of ether oxygens (including phenoxy) is 1. The molecule has 1 saturated heterocycles. The van der Waals surface area contributed by atoms with E-state index < -0.39 is 10.0 Å². The van der Waals surface area contributed by atoms with Crippen molar-refractivity contribution in [2.45, 2.75) is 50.8 Å². The Hall–Kier alpha value is -2.38. The summed E-state index contributed by atoms with van der Waals surface area (Å²) in [6.45, 7) is 7.49. The van der Waals surface area contributed by atoms with E-state index in [1.54, 1.807) is 24.3 Å². The summed E-state index contributed by atoms with van der Waals surface area (Å²) in [4.78, 5) is 13.0. The second-order valence-electron chi connectivity index (χ2n) is 7.79. The number of carbonyl (C=O) groups excluding carboxylic acids is 1. The third kappa shape index (κ3) is 5.02. The average Bonchev–Trinajstić information content (AvgIpc) is 2.75. The van der Waals surface area contributed by atoms with Gasteiger partial charge in [0.2, 0.25) is 10.0 Å². The molecule has 1 aliphatic heterocycles. The van der Waals surface area contributed by atoms with Gasteiger partial charge in [-0.15, -0.1) is 0 Å². The predicted molar refractivity (Wildman–Crippen MR) is 119 cm³/mol. The van der Waals surface area contributed by atoms with Crippen LogP contribution in [0.2, 0.25) is 0 Å². The van der Waals surface area contributed by atoms with Gasteiger partial charge < -0.3 is 10.1 Å². The van der Waals surface area contributed by atoms with Crippen LogP contribution in [0.5, 0.6) is 5.75 Å². The number of hydrogen-bond acceptors (Lipinski definition) is 4. The molecule has 1 amide bonds. The van der Waals surface area contributed by atoms with Gasteiger partial charge in [0, 0.05) is 18.7 Å². The van der Waals surface area contributed by atoms with Crippen LogP contribution in [-0.2, 0) is 10.0 Å². The Kier molecular flexibility index (Phi) is 7.15. The lowest BCUT2D eigenvalue weighted by molar-refractivity contribution is 0.102. The van der Waals surface area contributed by atoms with E-state index in [9.17, 15) is 13.2 Å². The molecule has 0 spiro atoms. The Morgan fingerprint density at radius 3 is 2.33 bits per heavy atom. The first-order valence-corrected chi connectivity index (χ1v) is 11.9. The van der Waals surface area contributed by atoms with Gasteiger partial charge in [0.05, 0.1) is 17.2 Å². The van der Waals surface area contributed by atoms with Gasteiger partial charge in [-0.1, -0.05) is 32.4 Å². The number of anilines is 1. The van der Waals surface area contributed by atoms with Gasteiger partial charge in [-0.2, -0.15) is 4.31 Å². The highest BCUT2D eigenvalue weighted by Gasteiger charge is 2.27. The van der Waals surface area contributed by atoms with Crippen molar-refractivity contribution >= 4 is 21.6 Å². The van der Waals surface area contributed by atoms with E-state index in [4.69, 9.17) is 4.74 Å². The van der Waals surface area contributed by atoms with E-state index in [2.05, 4.69) is 19.2 Å². The lowest BCUT2D eigenvalue weighted by Gasteiger charge is -2.26. The minimum Gasteiger partial charge on any atom is -0.492 e. The molecule has 2 aromatic carbocycles. The van der Waals surface area contributed by atoms with E-state index in [0.29, 0.717) is 42.6 Å². The molecular formula is C23H30N2O4S. The molecule has 0 radical (unpaired) electrons. The lowest BCUT2D eigenvalue weighted by Crippen LogP contribution is -2.35. The number of sulfonamides is 1. The van der Waals surface area contributed by atoms with E-state index >= 15 is 0 Å². The monoisotopic (exact) mass is 430 g/mol. The minimum absolute atomic E-state index is 0.165. The lowest BCUT2D eigenvalue weighted by atomic mass is 10.0. The van der Waals surface area contributed by atoms with Gasteiger partial charge in [-0.05, 0) is 61.6 Å². The molecule has 0 unspecified atom stereocenters. The first kappa shape index (κ1) is 22.3. The van der Waals surface area contributed by atoms with Crippen LogP contribution in [-0.4, -0.2) is 38.3 Å². The number of nitrogens with one attached hydrogen (secondary N) is 1. The Bertz CT molecular complexity index is 979. The Balaban J connectivity index is 1.88. The van der Waals surface area contributed by atoms with Crippen molar-refractivity contribution in [2.24, 2.45) is 0 Å². The second kappa shape index (κ2) is 9.62. The van der Waals surface area contributed by atoms with Gasteiger partial charge in [0.1, 0.15) is 5.75 Å². The molecule has 0 saturated carbocycles. The first-order valence-electron chi connectivity index (χ1n) is 10.5. The van der Waals surface area contributed by atoms with Crippen LogP contribution in [0.4, 0.5) is 5.69 Å². The molecule has 6 nitrogen and oxygen atoms in total. The van der Waals surface area contributed by atoms with Crippen molar-refractivity contribution in [2.75, 3.05) is 25.0 Å². The molecule has 0 bridgehead atoms. The molecule has 3 rings (SSSR count). The maximum atomic E-state index is 13.0. The molecule has 30 heavy (non-hydrogen) atoms. The smallest absolute Gasteiger partial charge is 0.255 e. The maximum Gasteiger partial charge on any atom is 0.255 e. The number of piperidine rings is 1. The van der Waals surface area contributed by atoms with Gasteiger partial charge in [-0.25, -0.2) is 8.42 Å².